The fourth-order valence-corrected chi connectivity index (χ4v) is 2.21. The van der Waals surface area contributed by atoms with Crippen LogP contribution in [0.1, 0.15) is 26.2 Å². The molecular formula is C14H22ClN3O. The molecule has 0 heterocycles. The predicted octanol–water partition coefficient (Wildman–Crippen LogP) is 2.86. The molecule has 1 aromatic carbocycles. The molecule has 0 saturated heterocycles. The van der Waals surface area contributed by atoms with E-state index in [1.165, 1.54) is 0 Å². The van der Waals surface area contributed by atoms with Gasteiger partial charge in [0.2, 0.25) is 5.91 Å². The van der Waals surface area contributed by atoms with Gasteiger partial charge in [-0.25, -0.2) is 0 Å². The molecule has 1 amide bonds. The number of hydrogen-bond donors (Lipinski definition) is 2. The van der Waals surface area contributed by atoms with E-state index in [1.54, 1.807) is 0 Å². The van der Waals surface area contributed by atoms with Crippen LogP contribution in [0.5, 0.6) is 0 Å². The van der Waals surface area contributed by atoms with Crippen molar-refractivity contribution in [3.05, 3.63) is 23.2 Å². The number of nitrogens with one attached hydrogen (secondary N) is 1. The van der Waals surface area contributed by atoms with Gasteiger partial charge in [-0.15, -0.1) is 0 Å². The van der Waals surface area contributed by atoms with E-state index < -0.39 is 0 Å². The van der Waals surface area contributed by atoms with Crippen LogP contribution in [0.3, 0.4) is 0 Å². The first-order valence-electron chi connectivity index (χ1n) is 6.43. The molecule has 1 unspecified atom stereocenters. The average Bonchev–Trinajstić information content (AvgIpc) is 2.27. The zero-order valence-electron chi connectivity index (χ0n) is 11.7. The lowest BCUT2D eigenvalue weighted by molar-refractivity contribution is -0.116. The second kappa shape index (κ2) is 7.36. The molecule has 19 heavy (non-hydrogen) atoms. The number of hydrogen-bond acceptors (Lipinski definition) is 3. The zero-order valence-corrected chi connectivity index (χ0v) is 12.5. The molecule has 5 heteroatoms. The third-order valence-corrected chi connectivity index (χ3v) is 3.08. The Kier molecular flexibility index (Phi) is 6.12. The molecule has 1 atom stereocenters. The topological polar surface area (TPSA) is 58.4 Å². The van der Waals surface area contributed by atoms with Crippen LogP contribution in [0.2, 0.25) is 5.02 Å². The van der Waals surface area contributed by atoms with Crippen molar-refractivity contribution < 1.29 is 4.79 Å². The van der Waals surface area contributed by atoms with Crippen molar-refractivity contribution in [2.75, 3.05) is 24.3 Å². The van der Waals surface area contributed by atoms with E-state index in [1.807, 2.05) is 44.1 Å². The van der Waals surface area contributed by atoms with Gasteiger partial charge >= 0.3 is 0 Å². The molecule has 1 aromatic rings. The summed E-state index contributed by atoms with van der Waals surface area (Å²) in [5.74, 6) is -0.00832. The number of nitrogens with zero attached hydrogens (tertiary/aromatic N) is 1. The Bertz CT molecular complexity index is 433. The smallest absolute Gasteiger partial charge is 0.224 e. The number of halogens is 1. The molecule has 0 bridgehead atoms. The van der Waals surface area contributed by atoms with Gasteiger partial charge < -0.3 is 16.0 Å². The van der Waals surface area contributed by atoms with Crippen LogP contribution in [-0.4, -0.2) is 26.0 Å². The van der Waals surface area contributed by atoms with Crippen molar-refractivity contribution in [2.24, 2.45) is 5.73 Å². The summed E-state index contributed by atoms with van der Waals surface area (Å²) in [4.78, 5) is 13.8. The van der Waals surface area contributed by atoms with E-state index in [4.69, 9.17) is 17.3 Å². The lowest BCUT2D eigenvalue weighted by Crippen LogP contribution is -2.18. The molecule has 0 radical (unpaired) electrons. The van der Waals surface area contributed by atoms with Crippen LogP contribution in [0, 0.1) is 0 Å². The predicted molar refractivity (Wildman–Crippen MR) is 81.9 cm³/mol. The van der Waals surface area contributed by atoms with E-state index >= 15 is 0 Å². The lowest BCUT2D eigenvalue weighted by Gasteiger charge is -2.19. The fraction of sp³-hybridized carbons (Fsp3) is 0.500. The van der Waals surface area contributed by atoms with Gasteiger partial charge in [0.15, 0.2) is 0 Å². The minimum absolute atomic E-state index is 0.00832. The van der Waals surface area contributed by atoms with Crippen molar-refractivity contribution in [1.82, 2.24) is 0 Å². The Balaban J connectivity index is 2.66. The van der Waals surface area contributed by atoms with E-state index in [-0.39, 0.29) is 11.9 Å². The van der Waals surface area contributed by atoms with Crippen LogP contribution in [-0.2, 0) is 4.79 Å². The summed E-state index contributed by atoms with van der Waals surface area (Å²) in [5.41, 5.74) is 7.22. The van der Waals surface area contributed by atoms with Gasteiger partial charge in [-0.2, -0.15) is 0 Å². The second-order valence-electron chi connectivity index (χ2n) is 4.95. The maximum atomic E-state index is 11.9. The van der Waals surface area contributed by atoms with Crippen molar-refractivity contribution in [3.8, 4) is 0 Å². The maximum Gasteiger partial charge on any atom is 0.224 e. The van der Waals surface area contributed by atoms with E-state index in [2.05, 4.69) is 5.32 Å². The van der Waals surface area contributed by atoms with Gasteiger partial charge in [-0.3, -0.25) is 4.79 Å². The third-order valence-electron chi connectivity index (χ3n) is 2.77. The Labute approximate surface area is 119 Å². The van der Waals surface area contributed by atoms with E-state index in [9.17, 15) is 4.79 Å². The number of benzene rings is 1. The van der Waals surface area contributed by atoms with E-state index in [0.29, 0.717) is 11.4 Å². The fourth-order valence-electron chi connectivity index (χ4n) is 1.87. The van der Waals surface area contributed by atoms with Crippen LogP contribution < -0.4 is 16.0 Å². The molecule has 0 aliphatic heterocycles. The molecule has 106 valence electrons. The van der Waals surface area contributed by atoms with Crippen molar-refractivity contribution in [1.29, 1.82) is 0 Å². The van der Waals surface area contributed by atoms with Crippen molar-refractivity contribution in [3.63, 3.8) is 0 Å². The molecule has 1 rings (SSSR count). The first kappa shape index (κ1) is 15.8. The summed E-state index contributed by atoms with van der Waals surface area (Å²) in [7, 11) is 3.79. The first-order valence-corrected chi connectivity index (χ1v) is 6.81. The van der Waals surface area contributed by atoms with Gasteiger partial charge in [0.05, 0.1) is 16.4 Å². The molecule has 0 spiro atoms. The minimum atomic E-state index is -0.00832. The number of amides is 1. The summed E-state index contributed by atoms with van der Waals surface area (Å²) in [5, 5.41) is 3.52. The highest BCUT2D eigenvalue weighted by molar-refractivity contribution is 6.34. The molecule has 0 aliphatic rings. The molecule has 0 aromatic heterocycles. The summed E-state index contributed by atoms with van der Waals surface area (Å²) in [6.45, 7) is 1.94. The van der Waals surface area contributed by atoms with Gasteiger partial charge in [-0.05, 0) is 31.9 Å². The normalized spacial score (nSPS) is 12.1. The Hall–Kier alpha value is -1.26. The van der Waals surface area contributed by atoms with Crippen LogP contribution in [0.4, 0.5) is 11.4 Å². The number of carbonyl (C=O) groups is 1. The van der Waals surface area contributed by atoms with Crippen LogP contribution in [0.15, 0.2) is 18.2 Å². The van der Waals surface area contributed by atoms with Crippen LogP contribution >= 0.6 is 11.6 Å². The highest BCUT2D eigenvalue weighted by atomic mass is 35.5. The van der Waals surface area contributed by atoms with Gasteiger partial charge in [0.25, 0.3) is 0 Å². The summed E-state index contributed by atoms with van der Waals surface area (Å²) < 4.78 is 0. The van der Waals surface area contributed by atoms with Crippen LogP contribution in [0.25, 0.3) is 0 Å². The largest absolute Gasteiger partial charge is 0.375 e. The summed E-state index contributed by atoms with van der Waals surface area (Å²) >= 11 is 6.14. The van der Waals surface area contributed by atoms with Gasteiger partial charge in [-0.1, -0.05) is 17.7 Å². The number of nitrogens with two attached hydrogens (primary N) is 1. The highest BCUT2D eigenvalue weighted by Gasteiger charge is 2.11. The Morgan fingerprint density at radius 3 is 2.74 bits per heavy atom. The Morgan fingerprint density at radius 2 is 2.16 bits per heavy atom. The number of para-hydroxylation sites is 1. The number of rotatable bonds is 6. The monoisotopic (exact) mass is 283 g/mol. The van der Waals surface area contributed by atoms with Gasteiger partial charge in [0.1, 0.15) is 0 Å². The molecular weight excluding hydrogens is 262 g/mol. The molecule has 3 N–H and O–H groups in total. The first-order chi connectivity index (χ1) is 8.91. The lowest BCUT2D eigenvalue weighted by atomic mass is 10.1. The van der Waals surface area contributed by atoms with E-state index in [0.717, 1.165) is 24.2 Å². The SMILES string of the molecule is CC(N)CCCC(=O)Nc1cccc(Cl)c1N(C)C. The van der Waals surface area contributed by atoms with Crippen molar-refractivity contribution >= 4 is 28.9 Å². The number of anilines is 2. The summed E-state index contributed by atoms with van der Waals surface area (Å²) in [6, 6.07) is 5.62. The molecule has 0 aliphatic carbocycles. The molecule has 4 nitrogen and oxygen atoms in total. The summed E-state index contributed by atoms with van der Waals surface area (Å²) in [6.07, 6.45) is 2.12. The minimum Gasteiger partial charge on any atom is -0.375 e. The zero-order chi connectivity index (χ0) is 14.4. The second-order valence-corrected chi connectivity index (χ2v) is 5.36. The molecule has 0 saturated carbocycles. The molecule has 0 fully saturated rings. The Morgan fingerprint density at radius 1 is 1.47 bits per heavy atom. The third kappa shape index (κ3) is 5.09. The number of carbonyl (C=O) groups excluding carboxylic acids is 1. The van der Waals surface area contributed by atoms with Gasteiger partial charge in [0, 0.05) is 26.6 Å². The standard InChI is InChI=1S/C14H22ClN3O/c1-10(16)6-4-9-13(19)17-12-8-5-7-11(15)14(12)18(2)3/h5,7-8,10H,4,6,9,16H2,1-3H3,(H,17,19). The quantitative estimate of drug-likeness (QED) is 0.844. The average molecular weight is 284 g/mol. The maximum absolute atomic E-state index is 11.9. The van der Waals surface area contributed by atoms with Crippen molar-refractivity contribution in [2.45, 2.75) is 32.2 Å². The highest BCUT2D eigenvalue weighted by Crippen LogP contribution is 2.32.